The van der Waals surface area contributed by atoms with Crippen LogP contribution >= 0.6 is 52.0 Å². The molecule has 0 saturated heterocycles. The maximum atomic E-state index is 6.10. The molecule has 9 heteroatoms. The number of rotatable bonds is 8. The zero-order valence-corrected chi connectivity index (χ0v) is 21.0. The monoisotopic (exact) mass is 508 g/mol. The van der Waals surface area contributed by atoms with Crippen molar-refractivity contribution < 1.29 is 13.8 Å². The van der Waals surface area contributed by atoms with E-state index in [1.165, 1.54) is 16.9 Å². The molecule has 3 rings (SSSR count). The largest absolute Gasteiger partial charge is 0.489 e. The fourth-order valence-electron chi connectivity index (χ4n) is 2.23. The minimum Gasteiger partial charge on any atom is -0.489 e. The van der Waals surface area contributed by atoms with Gasteiger partial charge in [-0.15, -0.1) is 11.8 Å². The van der Waals surface area contributed by atoms with Gasteiger partial charge in [-0.1, -0.05) is 58.9 Å². The van der Waals surface area contributed by atoms with Crippen LogP contribution in [0.15, 0.2) is 53.4 Å². The van der Waals surface area contributed by atoms with E-state index in [0.717, 1.165) is 15.7 Å². The Labute approximate surface area is 196 Å². The third kappa shape index (κ3) is 8.84. The van der Waals surface area contributed by atoms with Crippen LogP contribution in [-0.4, -0.2) is 24.9 Å². The Kier molecular flexibility index (Phi) is 11.5. The van der Waals surface area contributed by atoms with Gasteiger partial charge in [0.15, 0.2) is 0 Å². The maximum Gasteiger partial charge on any atom is 0.248 e. The lowest BCUT2D eigenvalue weighted by Gasteiger charge is -2.19. The molecular formula is C20H23Cl2O3PS3. The zero-order chi connectivity index (χ0) is 21.1. The number of thioether (sulfide) groups is 1. The summed E-state index contributed by atoms with van der Waals surface area (Å²) in [6, 6.07) is 13.4. The number of fused-ring (bicyclic) bond motifs is 1. The van der Waals surface area contributed by atoms with E-state index < -0.39 is 5.69 Å². The van der Waals surface area contributed by atoms with E-state index in [1.54, 1.807) is 23.9 Å². The summed E-state index contributed by atoms with van der Waals surface area (Å²) in [6.07, 6.45) is 4.10. The topological polar surface area (TPSA) is 27.7 Å². The summed E-state index contributed by atoms with van der Waals surface area (Å²) < 4.78 is 16.4. The van der Waals surface area contributed by atoms with Crippen molar-refractivity contribution in [2.75, 3.05) is 24.9 Å². The lowest BCUT2D eigenvalue weighted by molar-refractivity contribution is 0.280. The van der Waals surface area contributed by atoms with Gasteiger partial charge in [-0.2, -0.15) is 0 Å². The highest BCUT2D eigenvalue weighted by Crippen LogP contribution is 2.62. The van der Waals surface area contributed by atoms with Gasteiger partial charge in [0.1, 0.15) is 12.4 Å². The van der Waals surface area contributed by atoms with Crippen molar-refractivity contribution >= 4 is 69.9 Å². The highest BCUT2D eigenvalue weighted by atomic mass is 35.5. The molecule has 0 atom stereocenters. The Morgan fingerprint density at radius 3 is 2.52 bits per heavy atom. The summed E-state index contributed by atoms with van der Waals surface area (Å²) in [5.74, 6) is 0.991. The third-order valence-electron chi connectivity index (χ3n) is 3.44. The van der Waals surface area contributed by atoms with Crippen molar-refractivity contribution in [3.63, 3.8) is 0 Å². The lowest BCUT2D eigenvalue weighted by Crippen LogP contribution is -1.98. The molecule has 29 heavy (non-hydrogen) atoms. The van der Waals surface area contributed by atoms with E-state index in [0.29, 0.717) is 29.9 Å². The summed E-state index contributed by atoms with van der Waals surface area (Å²) in [7, 11) is 0. The molecule has 0 aromatic heterocycles. The predicted molar refractivity (Wildman–Crippen MR) is 133 cm³/mol. The first-order valence-electron chi connectivity index (χ1n) is 8.97. The first-order chi connectivity index (χ1) is 14.0. The van der Waals surface area contributed by atoms with E-state index in [-0.39, 0.29) is 0 Å². The zero-order valence-electron chi connectivity index (χ0n) is 16.2. The molecule has 1 heterocycles. The second-order valence-electron chi connectivity index (χ2n) is 5.50. The molecule has 0 unspecified atom stereocenters. The predicted octanol–water partition coefficient (Wildman–Crippen LogP) is 8.17. The molecule has 158 valence electrons. The van der Waals surface area contributed by atoms with Crippen LogP contribution in [0.5, 0.6) is 5.75 Å². The average Bonchev–Trinajstić information content (AvgIpc) is 2.71. The summed E-state index contributed by atoms with van der Waals surface area (Å²) in [5.41, 5.74) is -1.06. The third-order valence-corrected chi connectivity index (χ3v) is 11.2. The maximum absolute atomic E-state index is 6.10. The Morgan fingerprint density at radius 2 is 1.83 bits per heavy atom. The van der Waals surface area contributed by atoms with Crippen molar-refractivity contribution in [1.29, 1.82) is 0 Å². The summed E-state index contributed by atoms with van der Waals surface area (Å²) in [5, 5.41) is 2.08. The van der Waals surface area contributed by atoms with Crippen LogP contribution in [0.4, 0.5) is 0 Å². The minimum atomic E-state index is -2.23. The molecule has 2 aromatic rings. The number of halogens is 2. The van der Waals surface area contributed by atoms with E-state index in [1.807, 2.05) is 50.3 Å². The van der Waals surface area contributed by atoms with Gasteiger partial charge < -0.3 is 13.8 Å². The molecule has 0 spiro atoms. The lowest BCUT2D eigenvalue weighted by atomic mass is 10.1. The number of benzene rings is 2. The summed E-state index contributed by atoms with van der Waals surface area (Å²) >= 11 is 20.6. The molecule has 0 fully saturated rings. The van der Waals surface area contributed by atoms with Gasteiger partial charge in [-0.3, -0.25) is 0 Å². The molecule has 0 radical (unpaired) electrons. The Balaban J connectivity index is 0.000000248. The van der Waals surface area contributed by atoms with Crippen LogP contribution in [0.1, 0.15) is 19.4 Å². The number of ether oxygens (including phenoxy) is 1. The standard InChI is InChI=1S/C11H15Cl2O2PS3.C9H8O/c1-3-14-16(17,15-4-2)19-8-18-11-7-9(12)5-6-10(11)13;1-2-6-9-8(4-1)5-3-7-10-9/h5-7H,3-4,8H2,1-2H3;1-6H,7H2. The highest BCUT2D eigenvalue weighted by molar-refractivity contribution is 8.69. The number of para-hydroxylation sites is 1. The average molecular weight is 509 g/mol. The van der Waals surface area contributed by atoms with E-state index in [4.69, 9.17) is 48.8 Å². The Morgan fingerprint density at radius 1 is 1.10 bits per heavy atom. The van der Waals surface area contributed by atoms with Crippen LogP contribution in [0.25, 0.3) is 6.08 Å². The molecule has 0 bridgehead atoms. The van der Waals surface area contributed by atoms with E-state index in [2.05, 4.69) is 6.08 Å². The molecule has 1 aliphatic heterocycles. The van der Waals surface area contributed by atoms with Gasteiger partial charge in [-0.25, -0.2) is 0 Å². The minimum absolute atomic E-state index is 0.562. The van der Waals surface area contributed by atoms with E-state index in [9.17, 15) is 0 Å². The normalized spacial score (nSPS) is 12.6. The van der Waals surface area contributed by atoms with Gasteiger partial charge in [0.05, 0.1) is 23.3 Å². The molecule has 0 N–H and O–H groups in total. The second-order valence-corrected chi connectivity index (χ2v) is 14.0. The van der Waals surface area contributed by atoms with Crippen molar-refractivity contribution in [2.45, 2.75) is 18.7 Å². The van der Waals surface area contributed by atoms with Crippen molar-refractivity contribution in [3.8, 4) is 5.75 Å². The Bertz CT molecular complexity index is 855. The van der Waals surface area contributed by atoms with Gasteiger partial charge >= 0.3 is 0 Å². The first-order valence-corrected chi connectivity index (χ1v) is 14.9. The van der Waals surface area contributed by atoms with Crippen LogP contribution in [0, 0.1) is 0 Å². The smallest absolute Gasteiger partial charge is 0.248 e. The Hall–Kier alpha value is -0.170. The molecule has 1 aliphatic rings. The van der Waals surface area contributed by atoms with Gasteiger partial charge in [0.25, 0.3) is 0 Å². The van der Waals surface area contributed by atoms with E-state index >= 15 is 0 Å². The summed E-state index contributed by atoms with van der Waals surface area (Å²) in [6.45, 7) is 5.67. The molecule has 3 nitrogen and oxygen atoms in total. The van der Waals surface area contributed by atoms with Crippen LogP contribution in [0.2, 0.25) is 10.0 Å². The van der Waals surface area contributed by atoms with Crippen LogP contribution in [0.3, 0.4) is 0 Å². The van der Waals surface area contributed by atoms with Crippen LogP contribution < -0.4 is 4.74 Å². The molecule has 0 amide bonds. The second kappa shape index (κ2) is 13.3. The molecule has 0 saturated carbocycles. The summed E-state index contributed by atoms with van der Waals surface area (Å²) in [4.78, 5) is 0.941. The molecule has 2 aromatic carbocycles. The van der Waals surface area contributed by atoms with Crippen LogP contribution in [-0.2, 0) is 20.9 Å². The van der Waals surface area contributed by atoms with Crippen molar-refractivity contribution in [3.05, 3.63) is 64.1 Å². The SMILES string of the molecule is C1=Cc2ccccc2OC1.CCOP(=S)(OCC)SCSc1cc(Cl)ccc1Cl. The first kappa shape index (κ1) is 25.1. The molecular weight excluding hydrogens is 486 g/mol. The molecule has 0 aliphatic carbocycles. The highest BCUT2D eigenvalue weighted by Gasteiger charge is 2.19. The number of hydrogen-bond acceptors (Lipinski definition) is 6. The number of hydrogen-bond donors (Lipinski definition) is 0. The van der Waals surface area contributed by atoms with Crippen molar-refractivity contribution in [2.24, 2.45) is 0 Å². The quantitative estimate of drug-likeness (QED) is 0.203. The van der Waals surface area contributed by atoms with Gasteiger partial charge in [0, 0.05) is 15.5 Å². The fourth-order valence-corrected chi connectivity index (χ4v) is 9.77. The van der Waals surface area contributed by atoms with Gasteiger partial charge in [-0.05, 0) is 56.0 Å². The fraction of sp³-hybridized carbons (Fsp3) is 0.300. The van der Waals surface area contributed by atoms with Gasteiger partial charge in [0.2, 0.25) is 5.69 Å². The van der Waals surface area contributed by atoms with Crippen molar-refractivity contribution in [1.82, 2.24) is 0 Å².